The lowest BCUT2D eigenvalue weighted by Crippen LogP contribution is -2.18. The van der Waals surface area contributed by atoms with Crippen molar-refractivity contribution in [1.82, 2.24) is 0 Å². The van der Waals surface area contributed by atoms with Crippen LogP contribution in [0.25, 0.3) is 0 Å². The van der Waals surface area contributed by atoms with Crippen LogP contribution < -0.4 is 16.4 Å². The Balaban J connectivity index is 1.77. The number of halogens is 1. The summed E-state index contributed by atoms with van der Waals surface area (Å²) in [5.41, 5.74) is 6.58. The van der Waals surface area contributed by atoms with Crippen LogP contribution in [0, 0.1) is 10.1 Å². The van der Waals surface area contributed by atoms with Crippen molar-refractivity contribution in [3.8, 4) is 0 Å². The molecule has 3 aromatic rings. The van der Waals surface area contributed by atoms with E-state index in [2.05, 4.69) is 10.6 Å². The number of hydrogen-bond donors (Lipinski definition) is 3. The predicted molar refractivity (Wildman–Crippen MR) is 120 cm³/mol. The molecule has 162 valence electrons. The molecule has 0 aliphatic carbocycles. The monoisotopic (exact) mass is 452 g/mol. The second-order valence-electron chi connectivity index (χ2n) is 6.72. The lowest BCUT2D eigenvalue weighted by atomic mass is 10.1. The van der Waals surface area contributed by atoms with Crippen molar-refractivity contribution in [1.29, 1.82) is 0 Å². The summed E-state index contributed by atoms with van der Waals surface area (Å²) in [6.45, 7) is 0. The average Bonchev–Trinajstić information content (AvgIpc) is 2.74. The van der Waals surface area contributed by atoms with Gasteiger partial charge < -0.3 is 16.4 Å². The highest BCUT2D eigenvalue weighted by molar-refractivity contribution is 6.34. The molecule has 0 bridgehead atoms. The summed E-state index contributed by atoms with van der Waals surface area (Å²) in [6, 6.07) is 16.5. The van der Waals surface area contributed by atoms with Gasteiger partial charge in [-0.2, -0.15) is 0 Å². The zero-order valence-corrected chi connectivity index (χ0v) is 17.3. The van der Waals surface area contributed by atoms with Crippen LogP contribution in [0.15, 0.2) is 66.7 Å². The number of para-hydroxylation sites is 1. The highest BCUT2D eigenvalue weighted by Gasteiger charge is 2.18. The second-order valence-corrected chi connectivity index (χ2v) is 7.12. The first kappa shape index (κ1) is 22.4. The lowest BCUT2D eigenvalue weighted by Gasteiger charge is -2.12. The van der Waals surface area contributed by atoms with Crippen LogP contribution in [0.2, 0.25) is 5.02 Å². The number of nitrogens with zero attached hydrogens (tertiary/aromatic N) is 1. The summed E-state index contributed by atoms with van der Waals surface area (Å²) >= 11 is 6.01. The Morgan fingerprint density at radius 3 is 2.19 bits per heavy atom. The molecular formula is C22H17ClN4O5. The van der Waals surface area contributed by atoms with E-state index < -0.39 is 22.6 Å². The molecule has 0 spiro atoms. The van der Waals surface area contributed by atoms with Crippen molar-refractivity contribution in [2.24, 2.45) is 5.73 Å². The molecule has 0 aliphatic heterocycles. The largest absolute Gasteiger partial charge is 0.369 e. The first-order chi connectivity index (χ1) is 15.2. The van der Waals surface area contributed by atoms with Gasteiger partial charge in [-0.25, -0.2) is 0 Å². The maximum Gasteiger partial charge on any atom is 0.270 e. The number of carbonyl (C=O) groups excluding carboxylic acids is 3. The molecule has 0 saturated carbocycles. The summed E-state index contributed by atoms with van der Waals surface area (Å²) in [5, 5.41) is 16.1. The molecule has 9 nitrogen and oxygen atoms in total. The molecule has 0 aliphatic rings. The number of non-ortho nitro benzene ring substituents is 1. The minimum Gasteiger partial charge on any atom is -0.369 e. The molecule has 0 heterocycles. The van der Waals surface area contributed by atoms with Crippen molar-refractivity contribution in [3.63, 3.8) is 0 Å². The van der Waals surface area contributed by atoms with Crippen LogP contribution in [0.3, 0.4) is 0 Å². The molecule has 0 saturated heterocycles. The van der Waals surface area contributed by atoms with Gasteiger partial charge in [-0.05, 0) is 35.9 Å². The maximum absolute atomic E-state index is 12.8. The minimum atomic E-state index is -0.624. The van der Waals surface area contributed by atoms with Crippen molar-refractivity contribution in [3.05, 3.63) is 98.6 Å². The number of rotatable bonds is 7. The van der Waals surface area contributed by atoms with E-state index in [0.717, 1.165) is 6.07 Å². The molecule has 0 atom stereocenters. The number of nitrogens with two attached hydrogens (primary N) is 1. The number of nitro benzene ring substituents is 1. The number of amides is 3. The Labute approximate surface area is 187 Å². The third-order valence-corrected chi connectivity index (χ3v) is 4.73. The average molecular weight is 453 g/mol. The molecule has 32 heavy (non-hydrogen) atoms. The standard InChI is InChI=1S/C22H17ClN4O5/c23-18-12-15(27(31)32)9-10-16(18)21(29)26-19-4-2-1-3-17(19)22(30)25-14-7-5-13(6-8-14)11-20(24)28/h1-10,12H,11H2,(H2,24,28)(H,25,30)(H,26,29). The summed E-state index contributed by atoms with van der Waals surface area (Å²) in [7, 11) is 0. The molecule has 0 aromatic heterocycles. The van der Waals surface area contributed by atoms with E-state index in [4.69, 9.17) is 17.3 Å². The van der Waals surface area contributed by atoms with E-state index in [1.807, 2.05) is 0 Å². The number of hydrogen-bond acceptors (Lipinski definition) is 5. The molecule has 4 N–H and O–H groups in total. The lowest BCUT2D eigenvalue weighted by molar-refractivity contribution is -0.384. The third kappa shape index (κ3) is 5.46. The number of carbonyl (C=O) groups is 3. The Morgan fingerprint density at radius 1 is 0.906 bits per heavy atom. The van der Waals surface area contributed by atoms with Gasteiger partial charge in [0.05, 0.1) is 33.2 Å². The van der Waals surface area contributed by atoms with Gasteiger partial charge in [0, 0.05) is 17.8 Å². The Bertz CT molecular complexity index is 1210. The molecule has 3 amide bonds. The highest BCUT2D eigenvalue weighted by atomic mass is 35.5. The quantitative estimate of drug-likeness (QED) is 0.369. The van der Waals surface area contributed by atoms with E-state index >= 15 is 0 Å². The molecule has 0 unspecified atom stereocenters. The number of benzene rings is 3. The van der Waals surface area contributed by atoms with Crippen LogP contribution in [-0.4, -0.2) is 22.6 Å². The Kier molecular flexibility index (Phi) is 6.81. The van der Waals surface area contributed by atoms with Gasteiger partial charge in [0.15, 0.2) is 0 Å². The van der Waals surface area contributed by atoms with Gasteiger partial charge >= 0.3 is 0 Å². The van der Waals surface area contributed by atoms with Gasteiger partial charge in [-0.15, -0.1) is 0 Å². The maximum atomic E-state index is 12.8. The van der Waals surface area contributed by atoms with Gasteiger partial charge in [0.2, 0.25) is 5.91 Å². The van der Waals surface area contributed by atoms with Crippen LogP contribution in [0.4, 0.5) is 17.1 Å². The zero-order chi connectivity index (χ0) is 23.3. The van der Waals surface area contributed by atoms with Crippen LogP contribution in [0.1, 0.15) is 26.3 Å². The zero-order valence-electron chi connectivity index (χ0n) is 16.5. The number of nitro groups is 1. The first-order valence-electron chi connectivity index (χ1n) is 9.27. The molecule has 10 heteroatoms. The van der Waals surface area contributed by atoms with E-state index in [1.165, 1.54) is 18.2 Å². The fourth-order valence-electron chi connectivity index (χ4n) is 2.89. The molecule has 0 fully saturated rings. The fraction of sp³-hybridized carbons (Fsp3) is 0.0455. The summed E-state index contributed by atoms with van der Waals surface area (Å²) < 4.78 is 0. The van der Waals surface area contributed by atoms with Crippen molar-refractivity contribution >= 4 is 46.4 Å². The normalized spacial score (nSPS) is 10.3. The highest BCUT2D eigenvalue weighted by Crippen LogP contribution is 2.25. The molecular weight excluding hydrogens is 436 g/mol. The van der Waals surface area contributed by atoms with Crippen LogP contribution >= 0.6 is 11.6 Å². The van der Waals surface area contributed by atoms with Crippen LogP contribution in [0.5, 0.6) is 0 Å². The Morgan fingerprint density at radius 2 is 1.56 bits per heavy atom. The topological polar surface area (TPSA) is 144 Å². The van der Waals surface area contributed by atoms with Gasteiger partial charge in [-0.3, -0.25) is 24.5 Å². The minimum absolute atomic E-state index is 0.0255. The SMILES string of the molecule is NC(=O)Cc1ccc(NC(=O)c2ccccc2NC(=O)c2ccc([N+](=O)[O-])cc2Cl)cc1. The molecule has 3 rings (SSSR count). The first-order valence-corrected chi connectivity index (χ1v) is 9.65. The van der Waals surface area contributed by atoms with E-state index in [0.29, 0.717) is 11.3 Å². The third-order valence-electron chi connectivity index (χ3n) is 4.42. The number of anilines is 2. The molecule has 3 aromatic carbocycles. The van der Waals surface area contributed by atoms with Crippen molar-refractivity contribution in [2.45, 2.75) is 6.42 Å². The smallest absolute Gasteiger partial charge is 0.270 e. The van der Waals surface area contributed by atoms with Gasteiger partial charge in [0.1, 0.15) is 0 Å². The van der Waals surface area contributed by atoms with Crippen molar-refractivity contribution < 1.29 is 19.3 Å². The van der Waals surface area contributed by atoms with E-state index in [1.54, 1.807) is 42.5 Å². The van der Waals surface area contributed by atoms with Crippen LogP contribution in [-0.2, 0) is 11.2 Å². The number of nitrogens with one attached hydrogen (secondary N) is 2. The second kappa shape index (κ2) is 9.71. The predicted octanol–water partition coefficient (Wildman–Crippen LogP) is 3.78. The van der Waals surface area contributed by atoms with E-state index in [-0.39, 0.29) is 33.9 Å². The molecule has 0 radical (unpaired) electrons. The van der Waals surface area contributed by atoms with Gasteiger partial charge in [0.25, 0.3) is 17.5 Å². The number of primary amides is 1. The summed E-state index contributed by atoms with van der Waals surface area (Å²) in [5.74, 6) is -1.56. The van der Waals surface area contributed by atoms with E-state index in [9.17, 15) is 24.5 Å². The summed E-state index contributed by atoms with van der Waals surface area (Å²) in [6.07, 6.45) is 0.0916. The Hall–Kier alpha value is -4.24. The van der Waals surface area contributed by atoms with Crippen molar-refractivity contribution in [2.75, 3.05) is 10.6 Å². The van der Waals surface area contributed by atoms with Gasteiger partial charge in [-0.1, -0.05) is 35.9 Å². The summed E-state index contributed by atoms with van der Waals surface area (Å²) in [4.78, 5) is 46.6. The fourth-order valence-corrected chi connectivity index (χ4v) is 3.15.